The topological polar surface area (TPSA) is 55.5 Å². The molecule has 0 aliphatic heterocycles. The van der Waals surface area contributed by atoms with Crippen LogP contribution >= 0.6 is 0 Å². The van der Waals surface area contributed by atoms with E-state index in [0.29, 0.717) is 13.2 Å². The van der Waals surface area contributed by atoms with Crippen LogP contribution in [0.4, 0.5) is 0 Å². The van der Waals surface area contributed by atoms with E-state index in [9.17, 15) is 0 Å². The predicted octanol–water partition coefficient (Wildman–Crippen LogP) is 4.03. The van der Waals surface area contributed by atoms with Gasteiger partial charge in [-0.05, 0) is 24.5 Å². The van der Waals surface area contributed by atoms with E-state index in [1.165, 1.54) is 32.1 Å². The maximum atomic E-state index is 8.57. The minimum atomic E-state index is -0.143. The van der Waals surface area contributed by atoms with Crippen LogP contribution in [-0.4, -0.2) is 24.9 Å². The van der Waals surface area contributed by atoms with E-state index >= 15 is 0 Å². The molecular weight excluding hydrogens is 262 g/mol. The van der Waals surface area contributed by atoms with Gasteiger partial charge in [0.2, 0.25) is 0 Å². The van der Waals surface area contributed by atoms with Crippen molar-refractivity contribution in [1.82, 2.24) is 0 Å². The van der Waals surface area contributed by atoms with Crippen LogP contribution < -0.4 is 5.73 Å². The Morgan fingerprint density at radius 3 is 2.38 bits per heavy atom. The fourth-order valence-electron chi connectivity index (χ4n) is 2.14. The molecule has 1 saturated carbocycles. The Morgan fingerprint density at radius 1 is 1.43 bits per heavy atom. The van der Waals surface area contributed by atoms with Crippen LogP contribution in [0.2, 0.25) is 0 Å². The lowest BCUT2D eigenvalue weighted by Crippen LogP contribution is -2.22. The molecule has 1 aliphatic rings. The summed E-state index contributed by atoms with van der Waals surface area (Å²) >= 11 is 0. The zero-order valence-corrected chi connectivity index (χ0v) is 14.5. The molecule has 1 fully saturated rings. The van der Waals surface area contributed by atoms with Crippen LogP contribution in [0.3, 0.4) is 0 Å². The van der Waals surface area contributed by atoms with Gasteiger partial charge in [0.1, 0.15) is 0 Å². The third kappa shape index (κ3) is 9.70. The predicted molar refractivity (Wildman–Crippen MR) is 91.0 cm³/mol. The second kappa shape index (κ2) is 10.9. The van der Waals surface area contributed by atoms with Crippen molar-refractivity contribution in [2.75, 3.05) is 19.8 Å². The van der Waals surface area contributed by atoms with Crippen LogP contribution in [0.5, 0.6) is 0 Å². The summed E-state index contributed by atoms with van der Waals surface area (Å²) in [7, 11) is 0. The van der Waals surface area contributed by atoms with E-state index < -0.39 is 0 Å². The molecule has 0 saturated heterocycles. The first-order chi connectivity index (χ1) is 9.83. The Morgan fingerprint density at radius 2 is 2.05 bits per heavy atom. The van der Waals surface area contributed by atoms with Gasteiger partial charge in [-0.1, -0.05) is 59.5 Å². The van der Waals surface area contributed by atoms with Crippen molar-refractivity contribution in [3.63, 3.8) is 0 Å². The van der Waals surface area contributed by atoms with Gasteiger partial charge < -0.3 is 15.6 Å². The summed E-state index contributed by atoms with van der Waals surface area (Å²) in [5.74, 6) is 1.13. The van der Waals surface area contributed by atoms with E-state index in [-0.39, 0.29) is 12.0 Å². The van der Waals surface area contributed by atoms with Gasteiger partial charge in [0.05, 0.1) is 19.8 Å². The summed E-state index contributed by atoms with van der Waals surface area (Å²) in [6, 6.07) is 0. The number of aliphatic hydroxyl groups excluding tert-OH is 1. The minimum Gasteiger partial charge on any atom is -0.402 e. The number of ether oxygens (including phenoxy) is 1. The Kier molecular flexibility index (Phi) is 10.4. The van der Waals surface area contributed by atoms with Crippen LogP contribution in [0, 0.1) is 11.3 Å². The maximum absolute atomic E-state index is 8.57. The van der Waals surface area contributed by atoms with Gasteiger partial charge in [0, 0.05) is 11.1 Å². The number of rotatable bonds is 8. The van der Waals surface area contributed by atoms with Gasteiger partial charge in [-0.25, -0.2) is 0 Å². The largest absolute Gasteiger partial charge is 0.402 e. The highest BCUT2D eigenvalue weighted by molar-refractivity contribution is 5.24. The third-order valence-corrected chi connectivity index (χ3v) is 3.89. The molecule has 0 heterocycles. The van der Waals surface area contributed by atoms with Crippen LogP contribution in [0.15, 0.2) is 23.9 Å². The molecule has 0 bridgehead atoms. The minimum absolute atomic E-state index is 0.0499. The second-order valence-corrected chi connectivity index (χ2v) is 6.66. The number of hydrogen-bond donors (Lipinski definition) is 2. The smallest absolute Gasteiger partial charge is 0.0698 e. The quantitative estimate of drug-likeness (QED) is 0.525. The Bertz CT molecular complexity index is 313. The molecule has 1 aliphatic carbocycles. The van der Waals surface area contributed by atoms with Gasteiger partial charge in [0.15, 0.2) is 0 Å². The molecule has 0 aromatic rings. The SMILES string of the molecule is C=C(/C=C(\C)N)C(C)(C)COCCO.CCCC1CCC1. The lowest BCUT2D eigenvalue weighted by molar-refractivity contribution is 0.0533. The molecule has 3 heteroatoms. The summed E-state index contributed by atoms with van der Waals surface area (Å²) in [5, 5.41) is 8.57. The molecule has 21 heavy (non-hydrogen) atoms. The molecule has 0 radical (unpaired) electrons. The molecule has 124 valence electrons. The third-order valence-electron chi connectivity index (χ3n) is 3.89. The standard InChI is InChI=1S/C11H21NO2.C7H14/c1-9(7-10(2)12)11(3,4)8-14-6-5-13;1-2-4-7-5-3-6-7/h7,13H,1,5-6,8,12H2,2-4H3;7H,2-6H2,1H3/b10-7+;. The molecule has 0 aromatic carbocycles. The highest BCUT2D eigenvalue weighted by atomic mass is 16.5. The Hall–Kier alpha value is -0.800. The van der Waals surface area contributed by atoms with Crippen molar-refractivity contribution >= 4 is 0 Å². The molecule has 3 nitrogen and oxygen atoms in total. The summed E-state index contributed by atoms with van der Waals surface area (Å²) in [5.41, 5.74) is 7.10. The zero-order chi connectivity index (χ0) is 16.3. The van der Waals surface area contributed by atoms with Gasteiger partial charge >= 0.3 is 0 Å². The molecule has 0 aromatic heterocycles. The average Bonchev–Trinajstić information content (AvgIpc) is 2.34. The van der Waals surface area contributed by atoms with Crippen molar-refractivity contribution in [2.45, 2.75) is 59.8 Å². The van der Waals surface area contributed by atoms with E-state index in [1.54, 1.807) is 0 Å². The normalized spacial score (nSPS) is 16.0. The maximum Gasteiger partial charge on any atom is 0.0698 e. The Balaban J connectivity index is 0.000000471. The lowest BCUT2D eigenvalue weighted by Gasteiger charge is -2.25. The fourth-order valence-corrected chi connectivity index (χ4v) is 2.14. The molecule has 0 amide bonds. The zero-order valence-electron chi connectivity index (χ0n) is 14.5. The summed E-state index contributed by atoms with van der Waals surface area (Å²) in [6.07, 6.45) is 9.28. The van der Waals surface area contributed by atoms with E-state index in [0.717, 1.165) is 17.2 Å². The number of nitrogens with two attached hydrogens (primary N) is 1. The van der Waals surface area contributed by atoms with Crippen LogP contribution in [-0.2, 0) is 4.74 Å². The van der Waals surface area contributed by atoms with E-state index in [2.05, 4.69) is 13.5 Å². The molecule has 3 N–H and O–H groups in total. The first kappa shape index (κ1) is 20.2. The molecule has 0 atom stereocenters. The number of allylic oxidation sites excluding steroid dienone is 2. The second-order valence-electron chi connectivity index (χ2n) is 6.66. The van der Waals surface area contributed by atoms with Crippen molar-refractivity contribution in [3.05, 3.63) is 23.9 Å². The van der Waals surface area contributed by atoms with Crippen molar-refractivity contribution in [3.8, 4) is 0 Å². The van der Waals surface area contributed by atoms with Crippen molar-refractivity contribution in [2.24, 2.45) is 17.1 Å². The van der Waals surface area contributed by atoms with Gasteiger partial charge in [-0.3, -0.25) is 0 Å². The summed E-state index contributed by atoms with van der Waals surface area (Å²) in [6.45, 7) is 13.1. The molecular formula is C18H35NO2. The average molecular weight is 297 g/mol. The van der Waals surface area contributed by atoms with Crippen molar-refractivity contribution < 1.29 is 9.84 Å². The van der Waals surface area contributed by atoms with Crippen molar-refractivity contribution in [1.29, 1.82) is 0 Å². The van der Waals surface area contributed by atoms with E-state index in [4.69, 9.17) is 15.6 Å². The van der Waals surface area contributed by atoms with Gasteiger partial charge in [-0.2, -0.15) is 0 Å². The summed E-state index contributed by atoms with van der Waals surface area (Å²) < 4.78 is 5.27. The highest BCUT2D eigenvalue weighted by Crippen LogP contribution is 2.30. The van der Waals surface area contributed by atoms with Crippen LogP contribution in [0.25, 0.3) is 0 Å². The molecule has 1 rings (SSSR count). The number of aliphatic hydroxyl groups is 1. The monoisotopic (exact) mass is 297 g/mol. The first-order valence-electron chi connectivity index (χ1n) is 8.15. The van der Waals surface area contributed by atoms with Crippen LogP contribution in [0.1, 0.15) is 59.8 Å². The highest BCUT2D eigenvalue weighted by Gasteiger charge is 2.20. The first-order valence-corrected chi connectivity index (χ1v) is 8.15. The van der Waals surface area contributed by atoms with E-state index in [1.807, 2.05) is 26.8 Å². The molecule has 0 unspecified atom stereocenters. The van der Waals surface area contributed by atoms with Gasteiger partial charge in [0.25, 0.3) is 0 Å². The lowest BCUT2D eigenvalue weighted by atomic mass is 9.82. The van der Waals surface area contributed by atoms with Gasteiger partial charge in [-0.15, -0.1) is 0 Å². The fraction of sp³-hybridized carbons (Fsp3) is 0.778. The Labute approximate surface area is 131 Å². The number of hydrogen-bond acceptors (Lipinski definition) is 3. The molecule has 0 spiro atoms. The summed E-state index contributed by atoms with van der Waals surface area (Å²) in [4.78, 5) is 0.